The van der Waals surface area contributed by atoms with E-state index in [4.69, 9.17) is 4.74 Å². The Hall–Kier alpha value is -3.21. The van der Waals surface area contributed by atoms with Crippen LogP contribution in [0.25, 0.3) is 21.9 Å². The van der Waals surface area contributed by atoms with Gasteiger partial charge in [0.05, 0.1) is 7.11 Å². The quantitative estimate of drug-likeness (QED) is 0.664. The largest absolute Gasteiger partial charge is 0.467 e. The van der Waals surface area contributed by atoms with Gasteiger partial charge in [-0.2, -0.15) is 0 Å². The summed E-state index contributed by atoms with van der Waals surface area (Å²) in [6.45, 7) is 2.31. The predicted molar refractivity (Wildman–Crippen MR) is 103 cm³/mol. The Balaban J connectivity index is 1.75. The van der Waals surface area contributed by atoms with Gasteiger partial charge in [-0.05, 0) is 40.6 Å². The second kappa shape index (κ2) is 6.83. The highest BCUT2D eigenvalue weighted by molar-refractivity contribution is 6.03. The van der Waals surface area contributed by atoms with E-state index in [0.29, 0.717) is 18.5 Å². The molecule has 1 unspecified atom stereocenters. The number of rotatable bonds is 4. The molecule has 0 bridgehead atoms. The number of pyridine rings is 1. The molecular formula is C22H20N2O3. The van der Waals surface area contributed by atoms with E-state index in [-0.39, 0.29) is 11.9 Å². The first-order valence-corrected chi connectivity index (χ1v) is 8.99. The molecule has 2 heterocycles. The highest BCUT2D eigenvalue weighted by Crippen LogP contribution is 2.33. The summed E-state index contributed by atoms with van der Waals surface area (Å²) >= 11 is 0. The number of amides is 1. The molecule has 5 heteroatoms. The minimum absolute atomic E-state index is 0.119. The minimum Gasteiger partial charge on any atom is -0.467 e. The van der Waals surface area contributed by atoms with Gasteiger partial charge in [0.1, 0.15) is 6.04 Å². The van der Waals surface area contributed by atoms with Crippen molar-refractivity contribution in [2.24, 2.45) is 0 Å². The third-order valence-corrected chi connectivity index (χ3v) is 5.17. The number of esters is 1. The Morgan fingerprint density at radius 3 is 2.85 bits per heavy atom. The van der Waals surface area contributed by atoms with E-state index in [2.05, 4.69) is 4.98 Å². The molecular weight excluding hydrogens is 340 g/mol. The number of nitrogens with zero attached hydrogens (tertiary/aromatic N) is 2. The van der Waals surface area contributed by atoms with Gasteiger partial charge in [0.25, 0.3) is 5.91 Å². The Labute approximate surface area is 157 Å². The van der Waals surface area contributed by atoms with Gasteiger partial charge in [-0.15, -0.1) is 0 Å². The lowest BCUT2D eigenvalue weighted by atomic mass is 9.96. The van der Waals surface area contributed by atoms with Crippen molar-refractivity contribution in [3.8, 4) is 11.1 Å². The van der Waals surface area contributed by atoms with Crippen molar-refractivity contribution in [3.63, 3.8) is 0 Å². The number of benzene rings is 2. The van der Waals surface area contributed by atoms with Crippen LogP contribution in [0.5, 0.6) is 0 Å². The molecule has 0 saturated heterocycles. The smallest absolute Gasteiger partial charge is 0.328 e. The summed E-state index contributed by atoms with van der Waals surface area (Å²) in [6.07, 6.45) is 4.13. The summed E-state index contributed by atoms with van der Waals surface area (Å²) in [5, 5.41) is 2.15. The number of hydrogen-bond acceptors (Lipinski definition) is 4. The van der Waals surface area contributed by atoms with Crippen LogP contribution in [0.15, 0.2) is 54.9 Å². The van der Waals surface area contributed by atoms with Crippen molar-refractivity contribution in [1.82, 2.24) is 9.88 Å². The minimum atomic E-state index is -0.554. The number of fused-ring (bicyclic) bond motifs is 2. The Bertz CT molecular complexity index is 1040. The SMILES string of the molecule is CCC(C(=O)OC)N1Cc2ccc(-c3cccc4cnccc34)cc2C1=O. The molecule has 1 aliphatic heterocycles. The van der Waals surface area contributed by atoms with E-state index in [1.807, 2.05) is 55.6 Å². The van der Waals surface area contributed by atoms with Crippen molar-refractivity contribution in [3.05, 3.63) is 66.0 Å². The van der Waals surface area contributed by atoms with E-state index >= 15 is 0 Å². The maximum absolute atomic E-state index is 13.0. The summed E-state index contributed by atoms with van der Waals surface area (Å²) in [4.78, 5) is 30.8. The Morgan fingerprint density at radius 1 is 1.22 bits per heavy atom. The second-order valence-electron chi connectivity index (χ2n) is 6.65. The van der Waals surface area contributed by atoms with Crippen molar-refractivity contribution < 1.29 is 14.3 Å². The molecule has 0 fully saturated rings. The van der Waals surface area contributed by atoms with Gasteiger partial charge in [0.15, 0.2) is 0 Å². The molecule has 4 rings (SSSR count). The van der Waals surface area contributed by atoms with E-state index in [9.17, 15) is 9.59 Å². The van der Waals surface area contributed by atoms with Gasteiger partial charge in [-0.1, -0.05) is 37.3 Å². The van der Waals surface area contributed by atoms with Crippen LogP contribution in [0.4, 0.5) is 0 Å². The lowest BCUT2D eigenvalue weighted by molar-refractivity contribution is -0.146. The summed E-state index contributed by atoms with van der Waals surface area (Å²) < 4.78 is 4.87. The zero-order valence-corrected chi connectivity index (χ0v) is 15.3. The second-order valence-corrected chi connectivity index (χ2v) is 6.65. The van der Waals surface area contributed by atoms with Gasteiger partial charge in [-0.3, -0.25) is 9.78 Å². The number of carbonyl (C=O) groups is 2. The lowest BCUT2D eigenvalue weighted by Gasteiger charge is -2.24. The third kappa shape index (κ3) is 2.85. The molecule has 1 aliphatic rings. The van der Waals surface area contributed by atoms with Crippen LogP contribution in [-0.2, 0) is 16.1 Å². The molecule has 136 valence electrons. The standard InChI is InChI=1S/C22H20N2O3/c1-3-20(22(26)27-2)24-13-16-8-7-14(11-19(16)21(24)25)17-6-4-5-15-12-23-10-9-18(15)17/h4-12,20H,3,13H2,1-2H3. The highest BCUT2D eigenvalue weighted by Gasteiger charge is 2.36. The van der Waals surface area contributed by atoms with E-state index < -0.39 is 6.04 Å². The molecule has 27 heavy (non-hydrogen) atoms. The van der Waals surface area contributed by atoms with E-state index in [1.165, 1.54) is 7.11 Å². The summed E-state index contributed by atoms with van der Waals surface area (Å²) in [6, 6.07) is 13.4. The maximum atomic E-state index is 13.0. The van der Waals surface area contributed by atoms with Gasteiger partial charge < -0.3 is 9.64 Å². The van der Waals surface area contributed by atoms with Gasteiger partial charge in [0, 0.05) is 29.9 Å². The molecule has 0 radical (unpaired) electrons. The fourth-order valence-corrected chi connectivity index (χ4v) is 3.77. The van der Waals surface area contributed by atoms with Crippen LogP contribution in [0.2, 0.25) is 0 Å². The first-order chi connectivity index (χ1) is 13.1. The fraction of sp³-hybridized carbons (Fsp3) is 0.227. The molecule has 5 nitrogen and oxygen atoms in total. The average Bonchev–Trinajstić information content (AvgIpc) is 3.04. The molecule has 0 saturated carbocycles. The molecule has 1 atom stereocenters. The summed E-state index contributed by atoms with van der Waals surface area (Å²) in [5.41, 5.74) is 3.63. The monoisotopic (exact) mass is 360 g/mol. The lowest BCUT2D eigenvalue weighted by Crippen LogP contribution is -2.41. The molecule has 0 spiro atoms. The normalized spacial score (nSPS) is 14.3. The molecule has 1 aromatic heterocycles. The number of hydrogen-bond donors (Lipinski definition) is 0. The van der Waals surface area contributed by atoms with Crippen LogP contribution in [0.3, 0.4) is 0 Å². The molecule has 0 aliphatic carbocycles. The van der Waals surface area contributed by atoms with Gasteiger partial charge >= 0.3 is 5.97 Å². The number of aromatic nitrogens is 1. The Kier molecular flexibility index (Phi) is 4.36. The maximum Gasteiger partial charge on any atom is 0.328 e. The van der Waals surface area contributed by atoms with Crippen LogP contribution < -0.4 is 0 Å². The number of methoxy groups -OCH3 is 1. The fourth-order valence-electron chi connectivity index (χ4n) is 3.77. The van der Waals surface area contributed by atoms with Crippen LogP contribution in [0, 0.1) is 0 Å². The first kappa shape index (κ1) is 17.2. The van der Waals surface area contributed by atoms with Crippen molar-refractivity contribution in [2.75, 3.05) is 7.11 Å². The molecule has 3 aromatic rings. The zero-order valence-electron chi connectivity index (χ0n) is 15.3. The topological polar surface area (TPSA) is 59.5 Å². The van der Waals surface area contributed by atoms with Crippen LogP contribution >= 0.6 is 0 Å². The zero-order chi connectivity index (χ0) is 19.0. The van der Waals surface area contributed by atoms with Crippen molar-refractivity contribution in [2.45, 2.75) is 25.9 Å². The number of ether oxygens (including phenoxy) is 1. The van der Waals surface area contributed by atoms with Gasteiger partial charge in [0.2, 0.25) is 0 Å². The highest BCUT2D eigenvalue weighted by atomic mass is 16.5. The van der Waals surface area contributed by atoms with Crippen LogP contribution in [0.1, 0.15) is 29.3 Å². The predicted octanol–water partition coefficient (Wildman–Crippen LogP) is 3.81. The third-order valence-electron chi connectivity index (χ3n) is 5.17. The van der Waals surface area contributed by atoms with Crippen molar-refractivity contribution >= 4 is 22.6 Å². The molecule has 0 N–H and O–H groups in total. The molecule has 2 aromatic carbocycles. The molecule has 1 amide bonds. The van der Waals surface area contributed by atoms with E-state index in [1.54, 1.807) is 11.1 Å². The van der Waals surface area contributed by atoms with Gasteiger partial charge in [-0.25, -0.2) is 4.79 Å². The number of carbonyl (C=O) groups excluding carboxylic acids is 2. The summed E-state index contributed by atoms with van der Waals surface area (Å²) in [5.74, 6) is -0.494. The average molecular weight is 360 g/mol. The summed E-state index contributed by atoms with van der Waals surface area (Å²) in [7, 11) is 1.35. The first-order valence-electron chi connectivity index (χ1n) is 8.99. The van der Waals surface area contributed by atoms with Crippen molar-refractivity contribution in [1.29, 1.82) is 0 Å². The van der Waals surface area contributed by atoms with Crippen LogP contribution in [-0.4, -0.2) is 34.9 Å². The van der Waals surface area contributed by atoms with E-state index in [0.717, 1.165) is 27.5 Å². The Morgan fingerprint density at radius 2 is 2.07 bits per heavy atom.